The van der Waals surface area contributed by atoms with E-state index in [0.29, 0.717) is 27.0 Å². The third kappa shape index (κ3) is 4.08. The molecule has 0 aliphatic rings. The van der Waals surface area contributed by atoms with Crippen LogP contribution >= 0.6 is 23.4 Å². The summed E-state index contributed by atoms with van der Waals surface area (Å²) in [5.74, 6) is 0.152. The number of hydrogen-bond donors (Lipinski definition) is 0. The number of halogens is 2. The van der Waals surface area contributed by atoms with Crippen LogP contribution in [0.2, 0.25) is 5.02 Å². The van der Waals surface area contributed by atoms with Crippen molar-refractivity contribution in [2.45, 2.75) is 9.99 Å². The molecule has 0 atom stereocenters. The van der Waals surface area contributed by atoms with E-state index < -0.39 is 0 Å². The summed E-state index contributed by atoms with van der Waals surface area (Å²) in [5.41, 5.74) is 0.854. The highest BCUT2D eigenvalue weighted by Crippen LogP contribution is 2.31. The first-order valence-electron chi connectivity index (χ1n) is 7.05. The van der Waals surface area contributed by atoms with Crippen molar-refractivity contribution in [3.05, 3.63) is 82.8 Å². The zero-order valence-electron chi connectivity index (χ0n) is 12.4. The van der Waals surface area contributed by atoms with Gasteiger partial charge in [-0.05, 0) is 60.2 Å². The lowest BCUT2D eigenvalue weighted by atomic mass is 10.1. The van der Waals surface area contributed by atoms with Gasteiger partial charge in [0.1, 0.15) is 11.6 Å². The zero-order chi connectivity index (χ0) is 16.9. The van der Waals surface area contributed by atoms with Gasteiger partial charge in [0.15, 0.2) is 5.09 Å². The molecule has 3 rings (SSSR count). The molecule has 0 radical (unpaired) electrons. The Kier molecular flexibility index (Phi) is 5.05. The Hall–Kier alpha value is -2.48. The highest BCUT2D eigenvalue weighted by Gasteiger charge is 2.06. The summed E-state index contributed by atoms with van der Waals surface area (Å²) in [6.07, 6.45) is 1.60. The molecule has 2 nitrogen and oxygen atoms in total. The lowest BCUT2D eigenvalue weighted by Crippen LogP contribution is -1.83. The Balaban J connectivity index is 1.81. The smallest absolute Gasteiger partial charge is 0.165 e. The average molecular weight is 356 g/mol. The van der Waals surface area contributed by atoms with Gasteiger partial charge in [0, 0.05) is 9.92 Å². The highest BCUT2D eigenvalue weighted by atomic mass is 35.5. The van der Waals surface area contributed by atoms with Crippen LogP contribution in [0.25, 0.3) is 11.6 Å². The summed E-state index contributed by atoms with van der Waals surface area (Å²) in [5, 5.41) is 10.7. The molecule has 0 fully saturated rings. The number of nitriles is 1. The summed E-state index contributed by atoms with van der Waals surface area (Å²) in [4.78, 5) is 0.995. The van der Waals surface area contributed by atoms with Gasteiger partial charge in [0.25, 0.3) is 0 Å². The van der Waals surface area contributed by atoms with Gasteiger partial charge in [-0.2, -0.15) is 5.26 Å². The summed E-state index contributed by atoms with van der Waals surface area (Å²) in [7, 11) is 0. The minimum Gasteiger partial charge on any atom is -0.450 e. The van der Waals surface area contributed by atoms with E-state index in [1.54, 1.807) is 24.3 Å². The van der Waals surface area contributed by atoms with Gasteiger partial charge in [-0.1, -0.05) is 35.5 Å². The molecule has 5 heteroatoms. The van der Waals surface area contributed by atoms with Crippen molar-refractivity contribution >= 4 is 35.0 Å². The van der Waals surface area contributed by atoms with E-state index in [1.807, 2.05) is 30.3 Å². The topological polar surface area (TPSA) is 36.9 Å². The fourth-order valence-corrected chi connectivity index (χ4v) is 2.97. The Labute approximate surface area is 148 Å². The molecule has 0 amide bonds. The molecule has 118 valence electrons. The maximum atomic E-state index is 13.3. The van der Waals surface area contributed by atoms with Crippen LogP contribution in [0.1, 0.15) is 11.3 Å². The average Bonchev–Trinajstić information content (AvgIpc) is 3.02. The Morgan fingerprint density at radius 1 is 1.12 bits per heavy atom. The molecule has 0 unspecified atom stereocenters. The van der Waals surface area contributed by atoms with Gasteiger partial charge >= 0.3 is 0 Å². The van der Waals surface area contributed by atoms with Crippen LogP contribution in [0.15, 0.2) is 75.1 Å². The molecule has 0 saturated heterocycles. The third-order valence-electron chi connectivity index (χ3n) is 3.18. The van der Waals surface area contributed by atoms with E-state index in [2.05, 4.69) is 6.07 Å². The van der Waals surface area contributed by atoms with E-state index in [0.717, 1.165) is 4.90 Å². The van der Waals surface area contributed by atoms with Gasteiger partial charge < -0.3 is 4.42 Å². The lowest BCUT2D eigenvalue weighted by Gasteiger charge is -1.99. The first-order chi connectivity index (χ1) is 11.6. The summed E-state index contributed by atoms with van der Waals surface area (Å²) < 4.78 is 19.0. The quantitative estimate of drug-likeness (QED) is 0.516. The van der Waals surface area contributed by atoms with Crippen molar-refractivity contribution < 1.29 is 8.81 Å². The van der Waals surface area contributed by atoms with Gasteiger partial charge in [-0.25, -0.2) is 4.39 Å². The van der Waals surface area contributed by atoms with Crippen LogP contribution in [0.4, 0.5) is 4.39 Å². The van der Waals surface area contributed by atoms with Crippen molar-refractivity contribution in [3.63, 3.8) is 0 Å². The van der Waals surface area contributed by atoms with Crippen LogP contribution in [0, 0.1) is 17.1 Å². The van der Waals surface area contributed by atoms with E-state index in [4.69, 9.17) is 16.0 Å². The fraction of sp³-hybridized carbons (Fsp3) is 0. The van der Waals surface area contributed by atoms with Crippen molar-refractivity contribution in [2.75, 3.05) is 0 Å². The monoisotopic (exact) mass is 355 g/mol. The molecule has 0 saturated carbocycles. The Morgan fingerprint density at radius 3 is 2.62 bits per heavy atom. The predicted octanol–water partition coefficient (Wildman–Crippen LogP) is 6.29. The molecular weight excluding hydrogens is 345 g/mol. The van der Waals surface area contributed by atoms with Crippen LogP contribution in [0.3, 0.4) is 0 Å². The first-order valence-corrected chi connectivity index (χ1v) is 8.24. The fourth-order valence-electron chi connectivity index (χ4n) is 2.06. The standard InChI is InChI=1S/C19H11ClFNOS/c20-15-4-7-18(8-5-15)24-19-9-6-17(23-19)11-14(12-22)13-2-1-3-16(21)10-13/h1-11H/b14-11-. The third-order valence-corrected chi connectivity index (χ3v) is 4.36. The van der Waals surface area contributed by atoms with Crippen LogP contribution in [-0.4, -0.2) is 0 Å². The van der Waals surface area contributed by atoms with Gasteiger partial charge in [-0.3, -0.25) is 0 Å². The lowest BCUT2D eigenvalue weighted by molar-refractivity contribution is 0.466. The number of nitrogens with zero attached hydrogens (tertiary/aromatic N) is 1. The first kappa shape index (κ1) is 16.4. The number of benzene rings is 2. The Morgan fingerprint density at radius 2 is 1.92 bits per heavy atom. The number of rotatable bonds is 4. The number of hydrogen-bond acceptors (Lipinski definition) is 3. The zero-order valence-corrected chi connectivity index (χ0v) is 13.9. The Bertz CT molecular complexity index is 925. The van der Waals surface area contributed by atoms with Crippen LogP contribution in [0.5, 0.6) is 0 Å². The molecule has 2 aromatic carbocycles. The van der Waals surface area contributed by atoms with Gasteiger partial charge in [0.05, 0.1) is 11.6 Å². The van der Waals surface area contributed by atoms with Gasteiger partial charge in [-0.15, -0.1) is 0 Å². The minimum atomic E-state index is -0.382. The van der Waals surface area contributed by atoms with Crippen LogP contribution in [-0.2, 0) is 0 Å². The number of allylic oxidation sites excluding steroid dienone is 1. The maximum absolute atomic E-state index is 13.3. The molecule has 0 bridgehead atoms. The van der Waals surface area contributed by atoms with E-state index in [-0.39, 0.29) is 5.82 Å². The normalized spacial score (nSPS) is 11.3. The summed E-state index contributed by atoms with van der Waals surface area (Å²) in [6.45, 7) is 0. The summed E-state index contributed by atoms with van der Waals surface area (Å²) >= 11 is 7.32. The van der Waals surface area contributed by atoms with Crippen molar-refractivity contribution in [1.82, 2.24) is 0 Å². The minimum absolute atomic E-state index is 0.340. The van der Waals surface area contributed by atoms with Crippen molar-refractivity contribution in [1.29, 1.82) is 5.26 Å². The SMILES string of the molecule is N#C/C(=C/c1ccc(Sc2ccc(Cl)cc2)o1)c1cccc(F)c1. The van der Waals surface area contributed by atoms with E-state index in [9.17, 15) is 9.65 Å². The maximum Gasteiger partial charge on any atom is 0.165 e. The second kappa shape index (κ2) is 7.39. The molecule has 0 aliphatic carbocycles. The molecule has 0 spiro atoms. The van der Waals surface area contributed by atoms with E-state index in [1.165, 1.54) is 23.9 Å². The van der Waals surface area contributed by atoms with Crippen molar-refractivity contribution in [2.24, 2.45) is 0 Å². The summed E-state index contributed by atoms with van der Waals surface area (Å²) in [6, 6.07) is 19.0. The molecule has 0 aliphatic heterocycles. The highest BCUT2D eigenvalue weighted by molar-refractivity contribution is 7.99. The molecular formula is C19H11ClFNOS. The number of furan rings is 1. The van der Waals surface area contributed by atoms with Gasteiger partial charge in [0.2, 0.25) is 0 Å². The molecule has 1 heterocycles. The van der Waals surface area contributed by atoms with Crippen molar-refractivity contribution in [3.8, 4) is 6.07 Å². The van der Waals surface area contributed by atoms with Crippen LogP contribution < -0.4 is 0 Å². The largest absolute Gasteiger partial charge is 0.450 e. The van der Waals surface area contributed by atoms with E-state index >= 15 is 0 Å². The molecule has 3 aromatic rings. The molecule has 0 N–H and O–H groups in total. The second-order valence-electron chi connectivity index (χ2n) is 4.89. The molecule has 24 heavy (non-hydrogen) atoms. The second-order valence-corrected chi connectivity index (χ2v) is 6.41. The predicted molar refractivity (Wildman–Crippen MR) is 94.2 cm³/mol. The molecule has 1 aromatic heterocycles.